The molecule has 0 N–H and O–H groups in total. The van der Waals surface area contributed by atoms with Gasteiger partial charge in [-0.1, -0.05) is 30.3 Å². The van der Waals surface area contributed by atoms with Crippen LogP contribution in [0.5, 0.6) is 17.2 Å². The van der Waals surface area contributed by atoms with Crippen LogP contribution in [-0.2, 0) is 4.79 Å². The molecule has 0 radical (unpaired) electrons. The second-order valence-electron chi connectivity index (χ2n) is 5.36. The van der Waals surface area contributed by atoms with Crippen molar-refractivity contribution in [3.63, 3.8) is 0 Å². The molecular weight excluding hydrogens is 316 g/mol. The van der Waals surface area contributed by atoms with Gasteiger partial charge in [-0.2, -0.15) is 0 Å². The third-order valence-electron chi connectivity index (χ3n) is 3.48. The van der Waals surface area contributed by atoms with Crippen molar-refractivity contribution in [2.75, 3.05) is 0 Å². The van der Waals surface area contributed by atoms with Crippen LogP contribution in [0.15, 0.2) is 78.9 Å². The first-order valence-electron chi connectivity index (χ1n) is 7.78. The highest BCUT2D eigenvalue weighted by atomic mass is 16.5. The summed E-state index contributed by atoms with van der Waals surface area (Å²) < 4.78 is 10.8. The van der Waals surface area contributed by atoms with Gasteiger partial charge >= 0.3 is 5.97 Å². The number of carbonyl (C=O) groups is 2. The van der Waals surface area contributed by atoms with Crippen LogP contribution >= 0.6 is 0 Å². The van der Waals surface area contributed by atoms with E-state index in [0.29, 0.717) is 16.9 Å². The van der Waals surface area contributed by atoms with E-state index in [1.54, 1.807) is 48.5 Å². The van der Waals surface area contributed by atoms with Crippen LogP contribution in [0.4, 0.5) is 0 Å². The highest BCUT2D eigenvalue weighted by molar-refractivity contribution is 6.11. The molecule has 3 aromatic rings. The van der Waals surface area contributed by atoms with Gasteiger partial charge in [0.1, 0.15) is 17.2 Å². The Labute approximate surface area is 145 Å². The van der Waals surface area contributed by atoms with Crippen molar-refractivity contribution in [2.45, 2.75) is 6.92 Å². The Bertz CT molecular complexity index is 883. The first kappa shape index (κ1) is 16.5. The van der Waals surface area contributed by atoms with E-state index < -0.39 is 5.97 Å². The largest absolute Gasteiger partial charge is 0.457 e. The Balaban J connectivity index is 1.81. The maximum Gasteiger partial charge on any atom is 0.308 e. The van der Waals surface area contributed by atoms with Crippen LogP contribution in [0.25, 0.3) is 0 Å². The summed E-state index contributed by atoms with van der Waals surface area (Å²) in [5.41, 5.74) is 0.828. The zero-order valence-corrected chi connectivity index (χ0v) is 13.6. The van der Waals surface area contributed by atoms with Gasteiger partial charge in [0, 0.05) is 12.5 Å². The molecule has 25 heavy (non-hydrogen) atoms. The van der Waals surface area contributed by atoms with Gasteiger partial charge in [-0.05, 0) is 48.5 Å². The molecule has 0 bridgehead atoms. The fourth-order valence-electron chi connectivity index (χ4n) is 2.35. The highest BCUT2D eigenvalue weighted by Gasteiger charge is 2.15. The van der Waals surface area contributed by atoms with Crippen LogP contribution in [0.3, 0.4) is 0 Å². The number of para-hydroxylation sites is 2. The molecule has 0 fully saturated rings. The summed E-state index contributed by atoms with van der Waals surface area (Å²) in [6.07, 6.45) is 0. The molecule has 0 aliphatic rings. The highest BCUT2D eigenvalue weighted by Crippen LogP contribution is 2.25. The van der Waals surface area contributed by atoms with Gasteiger partial charge < -0.3 is 9.47 Å². The summed E-state index contributed by atoms with van der Waals surface area (Å²) in [6.45, 7) is 1.30. The molecule has 0 saturated carbocycles. The number of hydrogen-bond donors (Lipinski definition) is 0. The standard InChI is InChI=1S/C21H16O4/c1-15(22)24-20-10-6-5-9-19(20)21(23)16-11-13-18(14-12-16)25-17-7-3-2-4-8-17/h2-14H,1H3. The van der Waals surface area contributed by atoms with E-state index in [1.165, 1.54) is 6.92 Å². The smallest absolute Gasteiger partial charge is 0.308 e. The van der Waals surface area contributed by atoms with Crippen molar-refractivity contribution in [3.8, 4) is 17.2 Å². The van der Waals surface area contributed by atoms with Crippen molar-refractivity contribution in [3.05, 3.63) is 90.0 Å². The van der Waals surface area contributed by atoms with E-state index in [4.69, 9.17) is 9.47 Å². The first-order chi connectivity index (χ1) is 12.1. The molecular formula is C21H16O4. The lowest BCUT2D eigenvalue weighted by molar-refractivity contribution is -0.131. The van der Waals surface area contributed by atoms with Gasteiger partial charge in [-0.3, -0.25) is 9.59 Å². The summed E-state index contributed by atoms with van der Waals surface area (Å²) >= 11 is 0. The van der Waals surface area contributed by atoms with E-state index in [-0.39, 0.29) is 11.5 Å². The zero-order valence-electron chi connectivity index (χ0n) is 13.6. The molecule has 0 heterocycles. The maximum absolute atomic E-state index is 12.7. The first-order valence-corrected chi connectivity index (χ1v) is 7.78. The maximum atomic E-state index is 12.7. The van der Waals surface area contributed by atoms with Crippen molar-refractivity contribution < 1.29 is 19.1 Å². The van der Waals surface area contributed by atoms with E-state index in [1.807, 2.05) is 30.3 Å². The van der Waals surface area contributed by atoms with Crippen LogP contribution in [0.2, 0.25) is 0 Å². The average molecular weight is 332 g/mol. The van der Waals surface area contributed by atoms with Crippen molar-refractivity contribution >= 4 is 11.8 Å². The molecule has 0 aromatic heterocycles. The minimum absolute atomic E-state index is 0.219. The average Bonchev–Trinajstić information content (AvgIpc) is 2.63. The Kier molecular flexibility index (Phi) is 4.90. The molecule has 3 aromatic carbocycles. The summed E-state index contributed by atoms with van der Waals surface area (Å²) in [5, 5.41) is 0. The fraction of sp³-hybridized carbons (Fsp3) is 0.0476. The number of ketones is 1. The van der Waals surface area contributed by atoms with E-state index >= 15 is 0 Å². The predicted molar refractivity (Wildman–Crippen MR) is 94.1 cm³/mol. The lowest BCUT2D eigenvalue weighted by Gasteiger charge is -2.09. The Morgan fingerprint density at radius 2 is 1.32 bits per heavy atom. The molecule has 0 unspecified atom stereocenters. The van der Waals surface area contributed by atoms with Crippen molar-refractivity contribution in [2.24, 2.45) is 0 Å². The van der Waals surface area contributed by atoms with Crippen LogP contribution in [0, 0.1) is 0 Å². The predicted octanol–water partition coefficient (Wildman–Crippen LogP) is 4.64. The Morgan fingerprint density at radius 3 is 2.00 bits per heavy atom. The van der Waals surface area contributed by atoms with Crippen molar-refractivity contribution in [1.29, 1.82) is 0 Å². The minimum atomic E-state index is -0.466. The fourth-order valence-corrected chi connectivity index (χ4v) is 2.35. The van der Waals surface area contributed by atoms with Gasteiger partial charge in [0.15, 0.2) is 5.78 Å². The summed E-state index contributed by atoms with van der Waals surface area (Å²) in [6, 6.07) is 22.9. The lowest BCUT2D eigenvalue weighted by atomic mass is 10.0. The monoisotopic (exact) mass is 332 g/mol. The number of carbonyl (C=O) groups excluding carboxylic acids is 2. The molecule has 4 heteroatoms. The third-order valence-corrected chi connectivity index (χ3v) is 3.48. The molecule has 124 valence electrons. The minimum Gasteiger partial charge on any atom is -0.457 e. The molecule has 0 spiro atoms. The van der Waals surface area contributed by atoms with Crippen LogP contribution in [-0.4, -0.2) is 11.8 Å². The van der Waals surface area contributed by atoms with Gasteiger partial charge in [0.2, 0.25) is 0 Å². The van der Waals surface area contributed by atoms with Crippen molar-refractivity contribution in [1.82, 2.24) is 0 Å². The van der Waals surface area contributed by atoms with Gasteiger partial charge in [0.05, 0.1) is 5.56 Å². The SMILES string of the molecule is CC(=O)Oc1ccccc1C(=O)c1ccc(Oc2ccccc2)cc1. The summed E-state index contributed by atoms with van der Waals surface area (Å²) in [7, 11) is 0. The lowest BCUT2D eigenvalue weighted by Crippen LogP contribution is -2.08. The quantitative estimate of drug-likeness (QED) is 0.388. The van der Waals surface area contributed by atoms with E-state index in [2.05, 4.69) is 0 Å². The topological polar surface area (TPSA) is 52.6 Å². The second kappa shape index (κ2) is 7.45. The van der Waals surface area contributed by atoms with Crippen LogP contribution in [0.1, 0.15) is 22.8 Å². The van der Waals surface area contributed by atoms with Gasteiger partial charge in [0.25, 0.3) is 0 Å². The number of esters is 1. The number of benzene rings is 3. The Hall–Kier alpha value is -3.40. The van der Waals surface area contributed by atoms with E-state index in [0.717, 1.165) is 5.75 Å². The second-order valence-corrected chi connectivity index (χ2v) is 5.36. The third kappa shape index (κ3) is 4.12. The summed E-state index contributed by atoms with van der Waals surface area (Å²) in [4.78, 5) is 23.9. The normalized spacial score (nSPS) is 10.1. The molecule has 0 saturated heterocycles. The number of ether oxygens (including phenoxy) is 2. The van der Waals surface area contributed by atoms with E-state index in [9.17, 15) is 9.59 Å². The molecule has 0 atom stereocenters. The van der Waals surface area contributed by atoms with Crippen LogP contribution < -0.4 is 9.47 Å². The molecule has 3 rings (SSSR count). The number of rotatable bonds is 5. The molecule has 0 amide bonds. The molecule has 4 nitrogen and oxygen atoms in total. The zero-order chi connectivity index (χ0) is 17.6. The van der Waals surface area contributed by atoms with Gasteiger partial charge in [-0.25, -0.2) is 0 Å². The Morgan fingerprint density at radius 1 is 0.720 bits per heavy atom. The van der Waals surface area contributed by atoms with Gasteiger partial charge in [-0.15, -0.1) is 0 Å². The summed E-state index contributed by atoms with van der Waals surface area (Å²) in [5.74, 6) is 0.928. The molecule has 0 aliphatic carbocycles. The molecule has 0 aliphatic heterocycles. The number of hydrogen-bond acceptors (Lipinski definition) is 4.